The van der Waals surface area contributed by atoms with Crippen LogP contribution < -0.4 is 20.7 Å². The number of benzene rings is 4. The number of hydrogen-bond acceptors (Lipinski definition) is 10. The molecule has 4 unspecified atom stereocenters. The normalized spacial score (nSPS) is 13.4. The van der Waals surface area contributed by atoms with E-state index in [9.17, 15) is 0 Å². The summed E-state index contributed by atoms with van der Waals surface area (Å²) in [6.45, 7) is 47.0. The zero-order valence-corrected chi connectivity index (χ0v) is 62.0. The first-order chi connectivity index (χ1) is 37.4. The molecule has 0 heterocycles. The molecule has 0 fully saturated rings. The molecule has 0 radical (unpaired) electrons. The fourth-order valence-corrected chi connectivity index (χ4v) is 12.3. The Morgan fingerprint density at radius 1 is 0.296 bits per heavy atom. The highest BCUT2D eigenvalue weighted by Gasteiger charge is 2.40. The van der Waals surface area contributed by atoms with Crippen LogP contribution in [0.4, 0.5) is 0 Å². The highest BCUT2D eigenvalue weighted by Crippen LogP contribution is 2.22. The van der Waals surface area contributed by atoms with Crippen LogP contribution >= 0.6 is 0 Å². The van der Waals surface area contributed by atoms with Crippen LogP contribution in [-0.2, 0) is 45.2 Å². The molecule has 4 rings (SSSR count). The molecule has 0 aliphatic carbocycles. The van der Waals surface area contributed by atoms with Crippen molar-refractivity contribution in [1.82, 2.24) is 0 Å². The van der Waals surface area contributed by atoms with Gasteiger partial charge in [-0.3, -0.25) is 0 Å². The Morgan fingerprint density at radius 2 is 0.481 bits per heavy atom. The molecule has 0 aliphatic heterocycles. The topological polar surface area (TPSA) is 92.3 Å². The Labute approximate surface area is 504 Å². The minimum Gasteiger partial charge on any atom is -0.416 e. The zero-order valence-electron chi connectivity index (χ0n) is 58.0. The Kier molecular flexibility index (Phi) is 41.4. The first-order valence-corrected chi connectivity index (χ1v) is 39.2. The molecule has 0 aliphatic rings. The second-order valence-corrected chi connectivity index (χ2v) is 38.8. The molecule has 14 heteroatoms. The zero-order chi connectivity index (χ0) is 63.6. The van der Waals surface area contributed by atoms with Crippen LogP contribution in [0.15, 0.2) is 97.1 Å². The van der Waals surface area contributed by atoms with Gasteiger partial charge in [0.05, 0.1) is 16.8 Å². The van der Waals surface area contributed by atoms with Crippen molar-refractivity contribution in [2.45, 2.75) is 217 Å². The van der Waals surface area contributed by atoms with Crippen molar-refractivity contribution in [3.63, 3.8) is 0 Å². The van der Waals surface area contributed by atoms with Gasteiger partial charge >= 0.3 is 17.4 Å². The van der Waals surface area contributed by atoms with Crippen molar-refractivity contribution < 1.29 is 45.2 Å². The maximum absolute atomic E-state index is 5.59. The first-order valence-electron chi connectivity index (χ1n) is 29.3. The van der Waals surface area contributed by atoms with E-state index < -0.39 is 34.0 Å². The van der Waals surface area contributed by atoms with Gasteiger partial charge in [0.1, 0.15) is 0 Å². The molecular weight excluding hydrogens is 1080 g/mol. The summed E-state index contributed by atoms with van der Waals surface area (Å²) in [6.07, 6.45) is 4.71. The number of ether oxygens (including phenoxy) is 3. The Balaban J connectivity index is -0.000000910. The van der Waals surface area contributed by atoms with E-state index in [4.69, 9.17) is 45.2 Å². The molecule has 0 N–H and O–H groups in total. The van der Waals surface area contributed by atoms with Gasteiger partial charge in [-0.25, -0.2) is 0 Å². The highest BCUT2D eigenvalue weighted by atomic mass is 28.4. The van der Waals surface area contributed by atoms with Crippen LogP contribution in [0.5, 0.6) is 0 Å². The van der Waals surface area contributed by atoms with Crippen LogP contribution in [0.1, 0.15) is 189 Å². The number of methoxy groups -OCH3 is 3. The molecule has 4 atom stereocenters. The van der Waals surface area contributed by atoms with Crippen molar-refractivity contribution in [1.29, 1.82) is 0 Å². The van der Waals surface area contributed by atoms with Crippen LogP contribution in [0, 0.1) is 0 Å². The van der Waals surface area contributed by atoms with Crippen molar-refractivity contribution in [3.05, 3.63) is 119 Å². The van der Waals surface area contributed by atoms with Crippen molar-refractivity contribution in [2.75, 3.05) is 71.1 Å². The number of rotatable bonds is 19. The molecule has 0 aromatic heterocycles. The molecule has 0 spiro atoms. The van der Waals surface area contributed by atoms with Crippen LogP contribution in [-0.4, -0.2) is 122 Å². The first kappa shape index (κ1) is 82.6. The predicted molar refractivity (Wildman–Crippen MR) is 361 cm³/mol. The lowest BCUT2D eigenvalue weighted by Crippen LogP contribution is -2.54. The number of hydrogen-bond donors (Lipinski definition) is 0. The third kappa shape index (κ3) is 33.0. The van der Waals surface area contributed by atoms with E-state index in [1.165, 1.54) is 57.1 Å². The van der Waals surface area contributed by atoms with Gasteiger partial charge < -0.3 is 45.2 Å². The van der Waals surface area contributed by atoms with E-state index in [-0.39, 0.29) is 16.8 Å². The standard InChI is InChI=1S/C13H22O3Si.C13H22O2Si.2C13H22OSi.3C5H12O/c1-6-11(2)12-7-9-13(10-8-12)17(14-3,15-4)16-5;1-6-11(2)12-7-9-13(10-8-12)16(5,14-3)15-4;2*1-6-11(2)12-7-9-13(10-8-12)15(4,5)14-3;3*1-5(2,3)6-4/h7-11H,6H2,1-5H3;7-11H,6H2,1-5H3;2*7-11H,6H2,1-5H3;3*1-4H3. The molecule has 4 aromatic carbocycles. The molecule has 0 bridgehead atoms. The van der Waals surface area contributed by atoms with Crippen LogP contribution in [0.3, 0.4) is 0 Å². The van der Waals surface area contributed by atoms with Crippen LogP contribution in [0.2, 0.25) is 32.7 Å². The maximum atomic E-state index is 5.59. The molecular formula is C67H124O10Si4. The van der Waals surface area contributed by atoms with E-state index in [1.54, 1.807) is 56.9 Å². The van der Waals surface area contributed by atoms with Gasteiger partial charge in [-0.2, -0.15) is 0 Å². The third-order valence-electron chi connectivity index (χ3n) is 15.1. The van der Waals surface area contributed by atoms with Crippen molar-refractivity contribution >= 4 is 54.7 Å². The van der Waals surface area contributed by atoms with Gasteiger partial charge in [-0.1, -0.05) is 152 Å². The van der Waals surface area contributed by atoms with Crippen molar-refractivity contribution in [2.24, 2.45) is 0 Å². The van der Waals surface area contributed by atoms with Gasteiger partial charge in [-0.05, 0) is 182 Å². The van der Waals surface area contributed by atoms with Crippen molar-refractivity contribution in [3.8, 4) is 0 Å². The summed E-state index contributed by atoms with van der Waals surface area (Å²) in [4.78, 5) is 0. The average molecular weight is 1200 g/mol. The second kappa shape index (κ2) is 40.6. The minimum atomic E-state index is -2.66. The summed E-state index contributed by atoms with van der Waals surface area (Å²) in [7, 11) is 9.03. The lowest BCUT2D eigenvalue weighted by Gasteiger charge is -2.24. The molecule has 0 saturated carbocycles. The maximum Gasteiger partial charge on any atom is 0.536 e. The molecule has 10 nitrogen and oxygen atoms in total. The summed E-state index contributed by atoms with van der Waals surface area (Å²) < 4.78 is 53.4. The molecule has 468 valence electrons. The summed E-state index contributed by atoms with van der Waals surface area (Å²) in [5.41, 5.74) is 5.71. The molecule has 4 aromatic rings. The lowest BCUT2D eigenvalue weighted by atomic mass is 9.99. The summed E-state index contributed by atoms with van der Waals surface area (Å²) in [5.74, 6) is 2.51. The minimum absolute atomic E-state index is 0.0417. The van der Waals surface area contributed by atoms with E-state index in [0.29, 0.717) is 23.7 Å². The van der Waals surface area contributed by atoms with Crippen LogP contribution in [0.25, 0.3) is 0 Å². The van der Waals surface area contributed by atoms with E-state index in [0.717, 1.165) is 11.6 Å². The lowest BCUT2D eigenvalue weighted by molar-refractivity contribution is 0.0394. The average Bonchev–Trinajstić information content (AvgIpc) is 3.47. The Morgan fingerprint density at radius 3 is 0.630 bits per heavy atom. The smallest absolute Gasteiger partial charge is 0.416 e. The SMILES string of the molecule is CCC(C)c1ccc([Si](C)(C)OC)cc1.CCC(C)c1ccc([Si](C)(C)OC)cc1.CCC(C)c1ccc([Si](C)(OC)OC)cc1.CCC(C)c1ccc([Si](OC)(OC)OC)cc1.COC(C)(C)C.COC(C)(C)C.COC(C)(C)C. The molecule has 0 amide bonds. The second-order valence-electron chi connectivity index (χ2n) is 24.6. The van der Waals surface area contributed by atoms with E-state index in [1.807, 2.05) is 88.7 Å². The highest BCUT2D eigenvalue weighted by molar-refractivity contribution is 6.84. The summed E-state index contributed by atoms with van der Waals surface area (Å²) in [5, 5.41) is 4.93. The molecule has 81 heavy (non-hydrogen) atoms. The fourth-order valence-electron chi connectivity index (χ4n) is 6.66. The van der Waals surface area contributed by atoms with E-state index in [2.05, 4.69) is 173 Å². The summed E-state index contributed by atoms with van der Waals surface area (Å²) >= 11 is 0. The summed E-state index contributed by atoms with van der Waals surface area (Å²) in [6, 6.07) is 34.9. The predicted octanol–water partition coefficient (Wildman–Crippen LogP) is 15.9. The Bertz CT molecular complexity index is 2030. The van der Waals surface area contributed by atoms with Gasteiger partial charge in [0.25, 0.3) is 0 Å². The van der Waals surface area contributed by atoms with Gasteiger partial charge in [0.2, 0.25) is 16.6 Å². The van der Waals surface area contributed by atoms with E-state index >= 15 is 0 Å². The quantitative estimate of drug-likeness (QED) is 0.0845. The van der Waals surface area contributed by atoms with Gasteiger partial charge in [-0.15, -0.1) is 0 Å². The van der Waals surface area contributed by atoms with Gasteiger partial charge in [0.15, 0.2) is 0 Å². The van der Waals surface area contributed by atoms with Gasteiger partial charge in [0, 0.05) is 76.3 Å². The Hall–Kier alpha value is -2.65. The third-order valence-corrected chi connectivity index (χ3v) is 26.2. The molecule has 0 saturated heterocycles. The monoisotopic (exact) mass is 1200 g/mol. The fraction of sp³-hybridized carbons (Fsp3) is 0.642. The largest absolute Gasteiger partial charge is 0.536 e.